The van der Waals surface area contributed by atoms with E-state index in [0.29, 0.717) is 6.54 Å². The van der Waals surface area contributed by atoms with Crippen LogP contribution >= 0.6 is 0 Å². The molecule has 66 valence electrons. The van der Waals surface area contributed by atoms with E-state index in [0.717, 1.165) is 0 Å². The topological polar surface area (TPSA) is 49.8 Å². The number of aliphatic hydroxyl groups excluding tert-OH is 1. The van der Waals surface area contributed by atoms with Gasteiger partial charge in [-0.25, -0.2) is 4.79 Å². The molecule has 1 fully saturated rings. The van der Waals surface area contributed by atoms with Crippen molar-refractivity contribution in [2.45, 2.75) is 6.04 Å². The van der Waals surface area contributed by atoms with Crippen LogP contribution in [-0.2, 0) is 4.74 Å². The van der Waals surface area contributed by atoms with Gasteiger partial charge in [-0.05, 0) is 6.08 Å². The van der Waals surface area contributed by atoms with Gasteiger partial charge >= 0.3 is 6.09 Å². The predicted molar refractivity (Wildman–Crippen MR) is 42.6 cm³/mol. The predicted octanol–water partition coefficient (Wildman–Crippen LogP) is 0.141. The molecule has 1 aliphatic heterocycles. The van der Waals surface area contributed by atoms with Gasteiger partial charge in [-0.2, -0.15) is 0 Å². The maximum atomic E-state index is 11.0. The molecule has 1 aliphatic rings. The lowest BCUT2D eigenvalue weighted by Gasteiger charge is -2.16. The molecule has 1 amide bonds. The van der Waals surface area contributed by atoms with E-state index in [9.17, 15) is 4.79 Å². The number of cyclic esters (lactones) is 1. The Kier molecular flexibility index (Phi) is 2.91. The Morgan fingerprint density at radius 1 is 1.92 bits per heavy atom. The van der Waals surface area contributed by atoms with Gasteiger partial charge in [0.15, 0.2) is 0 Å². The van der Waals surface area contributed by atoms with Gasteiger partial charge in [-0.3, -0.25) is 4.90 Å². The van der Waals surface area contributed by atoms with E-state index in [2.05, 4.69) is 12.3 Å². The van der Waals surface area contributed by atoms with Crippen molar-refractivity contribution in [2.24, 2.45) is 0 Å². The number of carbonyl (C=O) groups is 1. The van der Waals surface area contributed by atoms with Gasteiger partial charge in [0.05, 0.1) is 12.6 Å². The molecular formula is C8H11NO3. The minimum Gasteiger partial charge on any atom is -0.447 e. The van der Waals surface area contributed by atoms with E-state index in [1.54, 1.807) is 6.08 Å². The molecule has 0 aliphatic carbocycles. The summed E-state index contributed by atoms with van der Waals surface area (Å²) in [5.41, 5.74) is 2.55. The van der Waals surface area contributed by atoms with E-state index in [-0.39, 0.29) is 25.3 Å². The second kappa shape index (κ2) is 3.95. The number of hydrogen-bond acceptors (Lipinski definition) is 3. The minimum atomic E-state index is -0.388. The van der Waals surface area contributed by atoms with Crippen LogP contribution in [0.5, 0.6) is 0 Å². The quantitative estimate of drug-likeness (QED) is 0.611. The van der Waals surface area contributed by atoms with Crippen molar-refractivity contribution in [1.29, 1.82) is 0 Å². The van der Waals surface area contributed by atoms with Crippen molar-refractivity contribution in [3.8, 4) is 0 Å². The maximum Gasteiger partial charge on any atom is 0.410 e. The van der Waals surface area contributed by atoms with Gasteiger partial charge in [0.1, 0.15) is 6.61 Å². The summed E-state index contributed by atoms with van der Waals surface area (Å²) in [6, 6.07) is -0.220. The summed E-state index contributed by atoms with van der Waals surface area (Å²) >= 11 is 0. The molecule has 0 aromatic rings. The fraction of sp³-hybridized carbons (Fsp3) is 0.500. The summed E-state index contributed by atoms with van der Waals surface area (Å²) in [7, 11) is 0. The van der Waals surface area contributed by atoms with Gasteiger partial charge in [0.25, 0.3) is 0 Å². The Balaban J connectivity index is 2.57. The van der Waals surface area contributed by atoms with Crippen LogP contribution < -0.4 is 0 Å². The zero-order chi connectivity index (χ0) is 8.97. The Morgan fingerprint density at radius 2 is 2.67 bits per heavy atom. The SMILES string of the molecule is C=C=CCN1C(=O)OC[C@@H]1CO. The smallest absolute Gasteiger partial charge is 0.410 e. The van der Waals surface area contributed by atoms with Gasteiger partial charge in [-0.15, -0.1) is 5.73 Å². The number of aliphatic hydroxyl groups is 1. The van der Waals surface area contributed by atoms with Crippen LogP contribution in [0.25, 0.3) is 0 Å². The summed E-state index contributed by atoms with van der Waals surface area (Å²) in [4.78, 5) is 12.4. The highest BCUT2D eigenvalue weighted by Crippen LogP contribution is 2.10. The Hall–Kier alpha value is -1.25. The molecule has 1 N–H and O–H groups in total. The molecule has 0 aromatic heterocycles. The van der Waals surface area contributed by atoms with Crippen molar-refractivity contribution in [3.63, 3.8) is 0 Å². The summed E-state index contributed by atoms with van der Waals surface area (Å²) in [5.74, 6) is 0. The zero-order valence-corrected chi connectivity index (χ0v) is 6.69. The normalized spacial score (nSPS) is 21.9. The van der Waals surface area contributed by atoms with Crippen LogP contribution in [0, 0.1) is 0 Å². The molecule has 1 atom stereocenters. The third-order valence-corrected chi connectivity index (χ3v) is 1.72. The molecule has 0 saturated carbocycles. The molecule has 1 saturated heterocycles. The Bertz CT molecular complexity index is 220. The molecule has 1 heterocycles. The van der Waals surface area contributed by atoms with Gasteiger partial charge in [-0.1, -0.05) is 6.58 Å². The number of rotatable bonds is 3. The Morgan fingerprint density at radius 3 is 3.25 bits per heavy atom. The lowest BCUT2D eigenvalue weighted by Crippen LogP contribution is -2.35. The number of amides is 1. The van der Waals surface area contributed by atoms with Crippen molar-refractivity contribution in [2.75, 3.05) is 19.8 Å². The number of nitrogens with zero attached hydrogens (tertiary/aromatic N) is 1. The van der Waals surface area contributed by atoms with Crippen LogP contribution in [-0.4, -0.2) is 41.9 Å². The third-order valence-electron chi connectivity index (χ3n) is 1.72. The monoisotopic (exact) mass is 169 g/mol. The first-order chi connectivity index (χ1) is 5.79. The summed E-state index contributed by atoms with van der Waals surface area (Å²) in [6.07, 6.45) is 1.23. The molecule has 0 aromatic carbocycles. The summed E-state index contributed by atoms with van der Waals surface area (Å²) in [6.45, 7) is 3.96. The van der Waals surface area contributed by atoms with Gasteiger partial charge < -0.3 is 9.84 Å². The molecular weight excluding hydrogens is 158 g/mol. The first-order valence-corrected chi connectivity index (χ1v) is 3.68. The van der Waals surface area contributed by atoms with E-state index in [1.165, 1.54) is 4.90 Å². The summed E-state index contributed by atoms with van der Waals surface area (Å²) < 4.78 is 4.72. The van der Waals surface area contributed by atoms with Gasteiger partial charge in [0.2, 0.25) is 0 Å². The number of hydrogen-bond donors (Lipinski definition) is 1. The minimum absolute atomic E-state index is 0.0727. The molecule has 0 bridgehead atoms. The lowest BCUT2D eigenvalue weighted by atomic mass is 10.3. The molecule has 1 rings (SSSR count). The average molecular weight is 169 g/mol. The van der Waals surface area contributed by atoms with Crippen molar-refractivity contribution >= 4 is 6.09 Å². The largest absolute Gasteiger partial charge is 0.447 e. The molecule has 0 spiro atoms. The standard InChI is InChI=1S/C8H11NO3/c1-2-3-4-9-7(5-10)6-12-8(9)11/h3,7,10H,1,4-6H2/t7-/m0/s1. The highest BCUT2D eigenvalue weighted by Gasteiger charge is 2.31. The number of carbonyl (C=O) groups excluding carboxylic acids is 1. The van der Waals surface area contributed by atoms with Crippen LogP contribution in [0.15, 0.2) is 18.4 Å². The van der Waals surface area contributed by atoms with E-state index in [4.69, 9.17) is 9.84 Å². The average Bonchev–Trinajstić information content (AvgIpc) is 2.43. The highest BCUT2D eigenvalue weighted by atomic mass is 16.6. The molecule has 12 heavy (non-hydrogen) atoms. The first-order valence-electron chi connectivity index (χ1n) is 3.68. The van der Waals surface area contributed by atoms with E-state index in [1.807, 2.05) is 0 Å². The fourth-order valence-electron chi connectivity index (χ4n) is 1.03. The van der Waals surface area contributed by atoms with Crippen molar-refractivity contribution in [1.82, 2.24) is 4.90 Å². The molecule has 4 nitrogen and oxygen atoms in total. The summed E-state index contributed by atoms with van der Waals surface area (Å²) in [5, 5.41) is 8.83. The van der Waals surface area contributed by atoms with Crippen LogP contribution in [0.2, 0.25) is 0 Å². The molecule has 0 unspecified atom stereocenters. The number of ether oxygens (including phenoxy) is 1. The van der Waals surface area contributed by atoms with Crippen LogP contribution in [0.4, 0.5) is 4.79 Å². The molecule has 0 radical (unpaired) electrons. The van der Waals surface area contributed by atoms with Crippen molar-refractivity contribution in [3.05, 3.63) is 18.4 Å². The second-order valence-corrected chi connectivity index (χ2v) is 2.47. The van der Waals surface area contributed by atoms with E-state index >= 15 is 0 Å². The highest BCUT2D eigenvalue weighted by molar-refractivity contribution is 5.70. The van der Waals surface area contributed by atoms with Crippen molar-refractivity contribution < 1.29 is 14.6 Å². The zero-order valence-electron chi connectivity index (χ0n) is 6.69. The maximum absolute atomic E-state index is 11.0. The lowest BCUT2D eigenvalue weighted by molar-refractivity contribution is 0.158. The van der Waals surface area contributed by atoms with Crippen LogP contribution in [0.3, 0.4) is 0 Å². The third kappa shape index (κ3) is 1.67. The Labute approximate surface area is 70.7 Å². The molecule has 4 heteroatoms. The van der Waals surface area contributed by atoms with Gasteiger partial charge in [0, 0.05) is 6.54 Å². The first kappa shape index (κ1) is 8.84. The van der Waals surface area contributed by atoms with E-state index < -0.39 is 0 Å². The van der Waals surface area contributed by atoms with Crippen LogP contribution in [0.1, 0.15) is 0 Å². The fourth-order valence-corrected chi connectivity index (χ4v) is 1.03. The second-order valence-electron chi connectivity index (χ2n) is 2.47.